The van der Waals surface area contributed by atoms with Crippen LogP contribution in [0.15, 0.2) is 73.3 Å². The molecule has 2 fully saturated rings. The lowest BCUT2D eigenvalue weighted by Crippen LogP contribution is -2.37. The molecule has 0 saturated carbocycles. The molecule has 0 bridgehead atoms. The van der Waals surface area contributed by atoms with Crippen LogP contribution in [-0.4, -0.2) is 42.9 Å². The Balaban J connectivity index is 1.35. The van der Waals surface area contributed by atoms with E-state index in [1.165, 1.54) is 6.08 Å². The Morgan fingerprint density at radius 3 is 2.35 bits per heavy atom. The number of benzene rings is 2. The quantitative estimate of drug-likeness (QED) is 0.507. The average molecular weight is 423 g/mol. The number of ether oxygens (including phenoxy) is 4. The minimum atomic E-state index is -0.207. The Kier molecular flexibility index (Phi) is 7.65. The van der Waals surface area contributed by atoms with Crippen LogP contribution < -0.4 is 0 Å². The van der Waals surface area contributed by atoms with Gasteiger partial charge in [0.25, 0.3) is 0 Å². The second kappa shape index (κ2) is 10.8. The van der Waals surface area contributed by atoms with Crippen LogP contribution in [0.1, 0.15) is 30.4 Å². The van der Waals surface area contributed by atoms with Crippen LogP contribution in [0.5, 0.6) is 0 Å². The van der Waals surface area contributed by atoms with Crippen LogP contribution in [0, 0.1) is 0 Å². The molecule has 2 aliphatic heterocycles. The van der Waals surface area contributed by atoms with Crippen molar-refractivity contribution >= 4 is 5.78 Å². The van der Waals surface area contributed by atoms with Crippen molar-refractivity contribution in [2.75, 3.05) is 6.61 Å². The van der Waals surface area contributed by atoms with Crippen molar-refractivity contribution in [3.05, 3.63) is 84.4 Å². The second-order valence-corrected chi connectivity index (χ2v) is 8.14. The third kappa shape index (κ3) is 5.89. The maximum atomic E-state index is 11.6. The first-order chi connectivity index (χ1) is 15.2. The molecule has 4 rings (SSSR count). The van der Waals surface area contributed by atoms with E-state index >= 15 is 0 Å². The molecule has 2 aromatic carbocycles. The van der Waals surface area contributed by atoms with E-state index in [0.29, 0.717) is 32.7 Å². The maximum Gasteiger partial charge on any atom is 0.155 e. The van der Waals surface area contributed by atoms with Gasteiger partial charge < -0.3 is 18.9 Å². The molecule has 2 aliphatic rings. The zero-order valence-electron chi connectivity index (χ0n) is 17.7. The summed E-state index contributed by atoms with van der Waals surface area (Å²) in [6.45, 7) is 5.02. The molecule has 2 aromatic rings. The van der Waals surface area contributed by atoms with Gasteiger partial charge >= 0.3 is 0 Å². The van der Waals surface area contributed by atoms with Crippen molar-refractivity contribution in [1.29, 1.82) is 0 Å². The minimum Gasteiger partial charge on any atom is -0.374 e. The fourth-order valence-corrected chi connectivity index (χ4v) is 4.26. The molecule has 5 atom stereocenters. The van der Waals surface area contributed by atoms with Crippen LogP contribution in [0.25, 0.3) is 0 Å². The molecule has 0 aromatic heterocycles. The Morgan fingerprint density at radius 1 is 1.00 bits per heavy atom. The highest BCUT2D eigenvalue weighted by atomic mass is 16.6. The number of hydrogen-bond donors (Lipinski definition) is 0. The minimum absolute atomic E-state index is 0.00733. The van der Waals surface area contributed by atoms with E-state index in [2.05, 4.69) is 6.58 Å². The Labute approximate surface area is 184 Å². The van der Waals surface area contributed by atoms with E-state index in [4.69, 9.17) is 18.9 Å². The third-order valence-corrected chi connectivity index (χ3v) is 5.87. The molecule has 164 valence electrons. The molecule has 2 heterocycles. The first-order valence-corrected chi connectivity index (χ1v) is 11.0. The highest BCUT2D eigenvalue weighted by Gasteiger charge is 2.51. The molecule has 31 heavy (non-hydrogen) atoms. The molecule has 0 radical (unpaired) electrons. The Morgan fingerprint density at radius 2 is 1.68 bits per heavy atom. The second-order valence-electron chi connectivity index (χ2n) is 8.14. The SMILES string of the molecule is C=CC(=O)CC[C@@H]1C[C@@H]2O[C@H](COCc3ccccc3)[C@@H](OCc3ccccc3)[C@@H]2O1. The summed E-state index contributed by atoms with van der Waals surface area (Å²) in [6.07, 6.45) is 2.72. The van der Waals surface area contributed by atoms with Gasteiger partial charge in [-0.2, -0.15) is 0 Å². The topological polar surface area (TPSA) is 54.0 Å². The van der Waals surface area contributed by atoms with Gasteiger partial charge in [0.15, 0.2) is 5.78 Å². The van der Waals surface area contributed by atoms with Gasteiger partial charge in [0, 0.05) is 12.8 Å². The lowest BCUT2D eigenvalue weighted by atomic mass is 10.0. The number of rotatable bonds is 11. The van der Waals surface area contributed by atoms with Crippen molar-refractivity contribution in [3.8, 4) is 0 Å². The average Bonchev–Trinajstić information content (AvgIpc) is 3.35. The van der Waals surface area contributed by atoms with Crippen molar-refractivity contribution < 1.29 is 23.7 Å². The van der Waals surface area contributed by atoms with Crippen molar-refractivity contribution in [2.24, 2.45) is 0 Å². The Bertz CT molecular complexity index is 837. The van der Waals surface area contributed by atoms with Crippen LogP contribution in [0.2, 0.25) is 0 Å². The van der Waals surface area contributed by atoms with E-state index in [1.807, 2.05) is 60.7 Å². The van der Waals surface area contributed by atoms with E-state index in [0.717, 1.165) is 17.5 Å². The lowest BCUT2D eigenvalue weighted by Gasteiger charge is -2.24. The van der Waals surface area contributed by atoms with Crippen LogP contribution in [0.3, 0.4) is 0 Å². The van der Waals surface area contributed by atoms with Gasteiger partial charge in [0.1, 0.15) is 18.3 Å². The van der Waals surface area contributed by atoms with E-state index < -0.39 is 0 Å². The molecule has 0 N–H and O–H groups in total. The summed E-state index contributed by atoms with van der Waals surface area (Å²) in [6, 6.07) is 20.2. The van der Waals surface area contributed by atoms with Crippen LogP contribution >= 0.6 is 0 Å². The predicted molar refractivity (Wildman–Crippen MR) is 117 cm³/mol. The summed E-state index contributed by atoms with van der Waals surface area (Å²) in [4.78, 5) is 11.6. The highest BCUT2D eigenvalue weighted by Crippen LogP contribution is 2.38. The monoisotopic (exact) mass is 422 g/mol. The smallest absolute Gasteiger partial charge is 0.155 e. The summed E-state index contributed by atoms with van der Waals surface area (Å²) in [7, 11) is 0. The molecular weight excluding hydrogens is 392 g/mol. The molecular formula is C26H30O5. The van der Waals surface area contributed by atoms with Gasteiger partial charge in [-0.05, 0) is 23.6 Å². The normalized spacial score (nSPS) is 27.2. The van der Waals surface area contributed by atoms with Gasteiger partial charge in [-0.15, -0.1) is 0 Å². The van der Waals surface area contributed by atoms with Gasteiger partial charge in [-0.3, -0.25) is 4.79 Å². The van der Waals surface area contributed by atoms with Gasteiger partial charge in [-0.1, -0.05) is 67.2 Å². The fourth-order valence-electron chi connectivity index (χ4n) is 4.26. The third-order valence-electron chi connectivity index (χ3n) is 5.87. The number of carbonyl (C=O) groups excluding carboxylic acids is 1. The molecule has 0 unspecified atom stereocenters. The van der Waals surface area contributed by atoms with Gasteiger partial charge in [0.2, 0.25) is 0 Å². The summed E-state index contributed by atoms with van der Waals surface area (Å²) in [5.74, 6) is 0.0469. The molecule has 0 aliphatic carbocycles. The molecule has 5 nitrogen and oxygen atoms in total. The number of carbonyl (C=O) groups is 1. The molecule has 0 amide bonds. The molecule has 2 saturated heterocycles. The number of hydrogen-bond acceptors (Lipinski definition) is 5. The maximum absolute atomic E-state index is 11.6. The fraction of sp³-hybridized carbons (Fsp3) is 0.423. The molecule has 5 heteroatoms. The largest absolute Gasteiger partial charge is 0.374 e. The van der Waals surface area contributed by atoms with Crippen LogP contribution in [0.4, 0.5) is 0 Å². The van der Waals surface area contributed by atoms with E-state index in [9.17, 15) is 4.79 Å². The number of allylic oxidation sites excluding steroid dienone is 1. The van der Waals surface area contributed by atoms with Gasteiger partial charge in [0.05, 0.1) is 32.0 Å². The summed E-state index contributed by atoms with van der Waals surface area (Å²) >= 11 is 0. The summed E-state index contributed by atoms with van der Waals surface area (Å²) in [5, 5.41) is 0. The van der Waals surface area contributed by atoms with Crippen LogP contribution in [-0.2, 0) is 37.0 Å². The van der Waals surface area contributed by atoms with Crippen molar-refractivity contribution in [1.82, 2.24) is 0 Å². The first kappa shape index (κ1) is 21.9. The highest BCUT2D eigenvalue weighted by molar-refractivity contribution is 5.88. The number of ketones is 1. The number of fused-ring (bicyclic) bond motifs is 1. The predicted octanol–water partition coefficient (Wildman–Crippen LogP) is 4.25. The van der Waals surface area contributed by atoms with Gasteiger partial charge in [-0.25, -0.2) is 0 Å². The molecule has 0 spiro atoms. The van der Waals surface area contributed by atoms with E-state index in [1.54, 1.807) is 0 Å². The zero-order valence-corrected chi connectivity index (χ0v) is 17.7. The Hall–Kier alpha value is -2.31. The standard InChI is InChI=1S/C26H30O5/c1-2-21(27)13-14-22-15-23-26(30-22)25(29-17-20-11-7-4-8-12-20)24(31-23)18-28-16-19-9-5-3-6-10-19/h2-12,22-26H,1,13-18H2/t22-,23+,24-,25-,26-/m1/s1. The zero-order chi connectivity index (χ0) is 21.5. The first-order valence-electron chi connectivity index (χ1n) is 11.0. The van der Waals surface area contributed by atoms with Crippen molar-refractivity contribution in [2.45, 2.75) is 63.0 Å². The lowest BCUT2D eigenvalue weighted by molar-refractivity contribution is -0.116. The van der Waals surface area contributed by atoms with Crippen molar-refractivity contribution in [3.63, 3.8) is 0 Å². The van der Waals surface area contributed by atoms with E-state index in [-0.39, 0.29) is 36.3 Å². The summed E-state index contributed by atoms with van der Waals surface area (Å²) in [5.41, 5.74) is 2.24. The summed E-state index contributed by atoms with van der Waals surface area (Å²) < 4.78 is 24.8.